The summed E-state index contributed by atoms with van der Waals surface area (Å²) in [5, 5.41) is 3.64. The lowest BCUT2D eigenvalue weighted by atomic mass is 9.75. The Morgan fingerprint density at radius 3 is 2.66 bits per heavy atom. The van der Waals surface area contributed by atoms with Crippen molar-refractivity contribution in [3.05, 3.63) is 34.0 Å². The van der Waals surface area contributed by atoms with E-state index >= 15 is 0 Å². The Labute approximate surface area is 188 Å². The molecule has 3 N–H and O–H groups in total. The SMILES string of the molecule is CCCc1c(C(=O)NCCF)c(C(N)=O)cc2c3c(n(C)c12)CCC(C1CCOCC1)C3. The third-order valence-corrected chi connectivity index (χ3v) is 7.34. The lowest BCUT2D eigenvalue weighted by Crippen LogP contribution is -2.30. The minimum Gasteiger partial charge on any atom is -0.381 e. The van der Waals surface area contributed by atoms with Crippen LogP contribution in [0.3, 0.4) is 0 Å². The number of carbonyl (C=O) groups excluding carboxylic acids is 2. The van der Waals surface area contributed by atoms with Crippen LogP contribution >= 0.6 is 0 Å². The van der Waals surface area contributed by atoms with Gasteiger partial charge < -0.3 is 20.4 Å². The van der Waals surface area contributed by atoms with Gasteiger partial charge in [-0.2, -0.15) is 0 Å². The second-order valence-corrected chi connectivity index (χ2v) is 9.17. The molecule has 0 spiro atoms. The number of benzene rings is 1. The van der Waals surface area contributed by atoms with Crippen LogP contribution in [0.2, 0.25) is 0 Å². The molecular weight excluding hydrogens is 409 g/mol. The number of alkyl halides is 1. The van der Waals surface area contributed by atoms with Gasteiger partial charge in [-0.1, -0.05) is 13.3 Å². The minimum absolute atomic E-state index is 0.0863. The maximum absolute atomic E-state index is 13.0. The Morgan fingerprint density at radius 2 is 2.00 bits per heavy atom. The highest BCUT2D eigenvalue weighted by molar-refractivity contribution is 6.12. The number of primary amides is 1. The first kappa shape index (κ1) is 22.8. The first-order valence-electron chi connectivity index (χ1n) is 11.9. The van der Waals surface area contributed by atoms with Crippen molar-refractivity contribution in [2.75, 3.05) is 26.4 Å². The largest absolute Gasteiger partial charge is 0.381 e. The van der Waals surface area contributed by atoms with Gasteiger partial charge in [-0.15, -0.1) is 0 Å². The highest BCUT2D eigenvalue weighted by atomic mass is 19.1. The summed E-state index contributed by atoms with van der Waals surface area (Å²) in [4.78, 5) is 25.4. The second-order valence-electron chi connectivity index (χ2n) is 9.17. The molecule has 1 saturated heterocycles. The number of rotatable bonds is 7. The van der Waals surface area contributed by atoms with E-state index in [1.165, 1.54) is 11.3 Å². The molecular formula is C25H34FN3O3. The van der Waals surface area contributed by atoms with E-state index in [2.05, 4.69) is 23.9 Å². The summed E-state index contributed by atoms with van der Waals surface area (Å²) in [6.45, 7) is 2.99. The number of hydrogen-bond donors (Lipinski definition) is 2. The normalized spacial score (nSPS) is 19.2. The quantitative estimate of drug-likeness (QED) is 0.687. The van der Waals surface area contributed by atoms with Crippen molar-refractivity contribution in [2.24, 2.45) is 24.6 Å². The molecule has 1 atom stereocenters. The van der Waals surface area contributed by atoms with Gasteiger partial charge in [0.1, 0.15) is 6.67 Å². The lowest BCUT2D eigenvalue weighted by Gasteiger charge is -2.33. The number of aryl methyl sites for hydroxylation is 2. The molecule has 4 rings (SSSR count). The summed E-state index contributed by atoms with van der Waals surface area (Å²) in [5.41, 5.74) is 10.7. The molecule has 0 bridgehead atoms. The van der Waals surface area contributed by atoms with Crippen molar-refractivity contribution < 1.29 is 18.7 Å². The number of carbonyl (C=O) groups is 2. The standard InChI is InChI=1S/C25H34FN3O3/c1-3-4-17-22(25(31)28-10-9-26)20(24(27)30)14-19-18-13-16(15-7-11-32-12-8-15)5-6-21(18)29(2)23(17)19/h14-16H,3-13H2,1-2H3,(H2,27,30)(H,28,31). The van der Waals surface area contributed by atoms with Crippen LogP contribution in [0, 0.1) is 11.8 Å². The molecule has 1 aromatic heterocycles. The highest BCUT2D eigenvalue weighted by Crippen LogP contribution is 2.41. The summed E-state index contributed by atoms with van der Waals surface area (Å²) in [6, 6.07) is 1.81. The van der Waals surface area contributed by atoms with E-state index in [0.717, 1.165) is 68.2 Å². The minimum atomic E-state index is -0.658. The van der Waals surface area contributed by atoms with Crippen LogP contribution in [-0.2, 0) is 31.0 Å². The van der Waals surface area contributed by atoms with Crippen LogP contribution in [0.5, 0.6) is 0 Å². The summed E-state index contributed by atoms with van der Waals surface area (Å²) in [6.07, 6.45) is 6.81. The Morgan fingerprint density at radius 1 is 1.25 bits per heavy atom. The van der Waals surface area contributed by atoms with Crippen molar-refractivity contribution in [3.63, 3.8) is 0 Å². The van der Waals surface area contributed by atoms with E-state index in [1.807, 2.05) is 6.07 Å². The molecule has 32 heavy (non-hydrogen) atoms. The predicted octanol–water partition coefficient (Wildman–Crippen LogP) is 3.46. The van der Waals surface area contributed by atoms with Crippen LogP contribution < -0.4 is 11.1 Å². The zero-order valence-corrected chi connectivity index (χ0v) is 19.1. The van der Waals surface area contributed by atoms with Crippen molar-refractivity contribution in [3.8, 4) is 0 Å². The molecule has 1 fully saturated rings. The third kappa shape index (κ3) is 4.03. The van der Waals surface area contributed by atoms with Gasteiger partial charge in [0.15, 0.2) is 0 Å². The zero-order valence-electron chi connectivity index (χ0n) is 19.1. The maximum atomic E-state index is 13.0. The van der Waals surface area contributed by atoms with Gasteiger partial charge >= 0.3 is 0 Å². The molecule has 7 heteroatoms. The number of halogens is 1. The molecule has 6 nitrogen and oxygen atoms in total. The zero-order chi connectivity index (χ0) is 22.8. The first-order chi connectivity index (χ1) is 15.5. The Balaban J connectivity index is 1.87. The van der Waals surface area contributed by atoms with Gasteiger partial charge in [-0.3, -0.25) is 9.59 Å². The number of aromatic nitrogens is 1. The topological polar surface area (TPSA) is 86.4 Å². The number of nitrogens with one attached hydrogen (secondary N) is 1. The smallest absolute Gasteiger partial charge is 0.252 e. The fourth-order valence-electron chi connectivity index (χ4n) is 5.85. The molecule has 2 heterocycles. The molecule has 1 aliphatic heterocycles. The number of amides is 2. The van der Waals surface area contributed by atoms with Crippen LogP contribution in [0.25, 0.3) is 10.9 Å². The molecule has 2 amide bonds. The molecule has 2 aromatic rings. The number of nitrogens with two attached hydrogens (primary N) is 1. The third-order valence-electron chi connectivity index (χ3n) is 7.34. The van der Waals surface area contributed by atoms with E-state index < -0.39 is 18.5 Å². The second kappa shape index (κ2) is 9.61. The van der Waals surface area contributed by atoms with Crippen molar-refractivity contribution in [1.29, 1.82) is 0 Å². The monoisotopic (exact) mass is 443 g/mol. The average molecular weight is 444 g/mol. The van der Waals surface area contributed by atoms with E-state index in [-0.39, 0.29) is 12.1 Å². The van der Waals surface area contributed by atoms with Crippen LogP contribution in [0.1, 0.15) is 70.1 Å². The van der Waals surface area contributed by atoms with Crippen LogP contribution in [0.15, 0.2) is 6.07 Å². The van der Waals surface area contributed by atoms with Gasteiger partial charge in [0.2, 0.25) is 5.91 Å². The molecule has 1 aromatic carbocycles. The van der Waals surface area contributed by atoms with Gasteiger partial charge in [-0.05, 0) is 67.6 Å². The summed E-state index contributed by atoms with van der Waals surface area (Å²) >= 11 is 0. The highest BCUT2D eigenvalue weighted by Gasteiger charge is 2.33. The van der Waals surface area contributed by atoms with Crippen LogP contribution in [0.4, 0.5) is 4.39 Å². The Hall–Kier alpha value is -2.41. The van der Waals surface area contributed by atoms with Gasteiger partial charge in [0, 0.05) is 37.9 Å². The Bertz CT molecular complexity index is 1020. The molecule has 0 saturated carbocycles. The van der Waals surface area contributed by atoms with Crippen molar-refractivity contribution in [2.45, 2.75) is 51.9 Å². The summed E-state index contributed by atoms with van der Waals surface area (Å²) < 4.78 is 20.5. The lowest BCUT2D eigenvalue weighted by molar-refractivity contribution is 0.0439. The summed E-state index contributed by atoms with van der Waals surface area (Å²) in [5.74, 6) is 0.227. The van der Waals surface area contributed by atoms with Crippen molar-refractivity contribution >= 4 is 22.7 Å². The molecule has 1 aliphatic carbocycles. The van der Waals surface area contributed by atoms with Crippen molar-refractivity contribution in [1.82, 2.24) is 9.88 Å². The fourth-order valence-corrected chi connectivity index (χ4v) is 5.85. The number of hydrogen-bond acceptors (Lipinski definition) is 3. The van der Waals surface area contributed by atoms with E-state index in [9.17, 15) is 14.0 Å². The fraction of sp³-hybridized carbons (Fsp3) is 0.600. The predicted molar refractivity (Wildman–Crippen MR) is 123 cm³/mol. The molecule has 2 aliphatic rings. The Kier molecular flexibility index (Phi) is 6.84. The average Bonchev–Trinajstić information content (AvgIpc) is 3.09. The molecule has 174 valence electrons. The number of fused-ring (bicyclic) bond motifs is 3. The number of ether oxygens (including phenoxy) is 1. The van der Waals surface area contributed by atoms with Gasteiger partial charge in [-0.25, -0.2) is 4.39 Å². The van der Waals surface area contributed by atoms with E-state index in [0.29, 0.717) is 23.8 Å². The maximum Gasteiger partial charge on any atom is 0.252 e. The molecule has 1 unspecified atom stereocenters. The summed E-state index contributed by atoms with van der Waals surface area (Å²) in [7, 11) is 2.06. The molecule has 0 radical (unpaired) electrons. The van der Waals surface area contributed by atoms with E-state index in [4.69, 9.17) is 10.5 Å². The first-order valence-corrected chi connectivity index (χ1v) is 11.9. The van der Waals surface area contributed by atoms with Gasteiger partial charge in [0.05, 0.1) is 16.6 Å². The van der Waals surface area contributed by atoms with E-state index in [1.54, 1.807) is 0 Å². The van der Waals surface area contributed by atoms with Crippen LogP contribution in [-0.4, -0.2) is 42.8 Å². The number of nitrogens with zero attached hydrogens (tertiary/aromatic N) is 1. The van der Waals surface area contributed by atoms with Gasteiger partial charge in [0.25, 0.3) is 5.91 Å².